The molecule has 1 unspecified atom stereocenters. The van der Waals surface area contributed by atoms with Crippen LogP contribution < -0.4 is 0 Å². The van der Waals surface area contributed by atoms with Crippen LogP contribution in [0.1, 0.15) is 42.1 Å². The Hall–Kier alpha value is -2.44. The molecule has 1 N–H and O–H groups in total. The molecule has 1 aromatic carbocycles. The van der Waals surface area contributed by atoms with Gasteiger partial charge in [0.05, 0.1) is 0 Å². The molecule has 6 nitrogen and oxygen atoms in total. The van der Waals surface area contributed by atoms with E-state index < -0.39 is 5.97 Å². The van der Waals surface area contributed by atoms with Gasteiger partial charge in [-0.1, -0.05) is 0 Å². The standard InChI is InChI=1S/C18H23FN2O4/c1-12-10-14(19)5-6-16(12)18(25)20-8-3-4-15(7-9-20)21(13(2)22)11-17(23)24/h5-6,10,15H,3-4,7-9,11H2,1-2H3,(H,23,24). The van der Waals surface area contributed by atoms with Gasteiger partial charge in [0.2, 0.25) is 5.91 Å². The summed E-state index contributed by atoms with van der Waals surface area (Å²) >= 11 is 0. The minimum absolute atomic E-state index is 0.161. The number of benzene rings is 1. The van der Waals surface area contributed by atoms with Gasteiger partial charge in [-0.15, -0.1) is 0 Å². The largest absolute Gasteiger partial charge is 0.480 e. The van der Waals surface area contributed by atoms with E-state index in [0.29, 0.717) is 43.5 Å². The average molecular weight is 350 g/mol. The van der Waals surface area contributed by atoms with Crippen molar-refractivity contribution in [3.05, 3.63) is 35.1 Å². The molecule has 1 fully saturated rings. The monoisotopic (exact) mass is 350 g/mol. The molecular formula is C18H23FN2O4. The van der Waals surface area contributed by atoms with E-state index in [1.807, 2.05) is 0 Å². The average Bonchev–Trinajstić information content (AvgIpc) is 2.77. The number of halogens is 1. The van der Waals surface area contributed by atoms with Gasteiger partial charge in [0.1, 0.15) is 12.4 Å². The van der Waals surface area contributed by atoms with Crippen LogP contribution in [0.15, 0.2) is 18.2 Å². The van der Waals surface area contributed by atoms with E-state index in [1.165, 1.54) is 30.0 Å². The first-order valence-electron chi connectivity index (χ1n) is 8.34. The van der Waals surface area contributed by atoms with Crippen molar-refractivity contribution in [2.75, 3.05) is 19.6 Å². The number of aliphatic carboxylic acids is 1. The molecule has 0 radical (unpaired) electrons. The van der Waals surface area contributed by atoms with Gasteiger partial charge >= 0.3 is 5.97 Å². The maximum atomic E-state index is 13.2. The first-order valence-corrected chi connectivity index (χ1v) is 8.34. The van der Waals surface area contributed by atoms with E-state index in [-0.39, 0.29) is 30.2 Å². The number of aryl methyl sites for hydroxylation is 1. The molecule has 1 aliphatic rings. The van der Waals surface area contributed by atoms with Crippen LogP contribution in [0.2, 0.25) is 0 Å². The van der Waals surface area contributed by atoms with Crippen LogP contribution in [0.4, 0.5) is 4.39 Å². The van der Waals surface area contributed by atoms with Crippen molar-refractivity contribution in [1.29, 1.82) is 0 Å². The number of amides is 2. The number of carbonyl (C=O) groups excluding carboxylic acids is 2. The molecule has 1 saturated heterocycles. The maximum Gasteiger partial charge on any atom is 0.323 e. The van der Waals surface area contributed by atoms with Crippen LogP contribution in [-0.2, 0) is 9.59 Å². The van der Waals surface area contributed by atoms with Crippen LogP contribution in [0.5, 0.6) is 0 Å². The molecule has 136 valence electrons. The highest BCUT2D eigenvalue weighted by Gasteiger charge is 2.28. The predicted octanol–water partition coefficient (Wildman–Crippen LogP) is 2.06. The van der Waals surface area contributed by atoms with Gasteiger partial charge in [-0.2, -0.15) is 0 Å². The molecule has 0 bridgehead atoms. The highest BCUT2D eigenvalue weighted by atomic mass is 19.1. The lowest BCUT2D eigenvalue weighted by Crippen LogP contribution is -2.43. The third-order valence-corrected chi connectivity index (χ3v) is 4.55. The van der Waals surface area contributed by atoms with Gasteiger partial charge in [0.15, 0.2) is 0 Å². The van der Waals surface area contributed by atoms with Crippen molar-refractivity contribution < 1.29 is 23.9 Å². The van der Waals surface area contributed by atoms with Crippen molar-refractivity contribution in [3.63, 3.8) is 0 Å². The zero-order valence-electron chi connectivity index (χ0n) is 14.5. The Morgan fingerprint density at radius 1 is 1.28 bits per heavy atom. The van der Waals surface area contributed by atoms with Gasteiger partial charge in [-0.3, -0.25) is 14.4 Å². The second kappa shape index (κ2) is 8.09. The Balaban J connectivity index is 2.08. The quantitative estimate of drug-likeness (QED) is 0.902. The van der Waals surface area contributed by atoms with E-state index in [1.54, 1.807) is 11.8 Å². The number of rotatable bonds is 4. The summed E-state index contributed by atoms with van der Waals surface area (Å²) in [5, 5.41) is 8.99. The molecule has 0 spiro atoms. The van der Waals surface area contributed by atoms with E-state index in [2.05, 4.69) is 0 Å². The Kier molecular flexibility index (Phi) is 6.12. The Morgan fingerprint density at radius 2 is 2.00 bits per heavy atom. The molecule has 2 amide bonds. The van der Waals surface area contributed by atoms with E-state index in [0.717, 1.165) is 0 Å². The Morgan fingerprint density at radius 3 is 2.60 bits per heavy atom. The van der Waals surface area contributed by atoms with Gasteiger partial charge in [0.25, 0.3) is 5.91 Å². The molecule has 7 heteroatoms. The summed E-state index contributed by atoms with van der Waals surface area (Å²) in [7, 11) is 0. The third-order valence-electron chi connectivity index (χ3n) is 4.55. The fourth-order valence-electron chi connectivity index (χ4n) is 3.27. The van der Waals surface area contributed by atoms with Crippen molar-refractivity contribution in [2.24, 2.45) is 0 Å². The van der Waals surface area contributed by atoms with Crippen LogP contribution >= 0.6 is 0 Å². The van der Waals surface area contributed by atoms with Gasteiger partial charge < -0.3 is 14.9 Å². The summed E-state index contributed by atoms with van der Waals surface area (Å²) in [5.74, 6) is -1.86. The van der Waals surface area contributed by atoms with Crippen LogP contribution in [0, 0.1) is 12.7 Å². The normalized spacial score (nSPS) is 17.7. The predicted molar refractivity (Wildman–Crippen MR) is 89.7 cm³/mol. The molecule has 1 heterocycles. The van der Waals surface area contributed by atoms with Crippen molar-refractivity contribution in [2.45, 2.75) is 39.2 Å². The second-order valence-corrected chi connectivity index (χ2v) is 6.38. The van der Waals surface area contributed by atoms with Crippen LogP contribution in [0.25, 0.3) is 0 Å². The lowest BCUT2D eigenvalue weighted by atomic mass is 10.1. The number of carboxylic acids is 1. The minimum Gasteiger partial charge on any atom is -0.480 e. The molecule has 25 heavy (non-hydrogen) atoms. The number of hydrogen-bond donors (Lipinski definition) is 1. The molecule has 2 rings (SSSR count). The first-order chi connectivity index (χ1) is 11.8. The molecule has 0 saturated carbocycles. The smallest absolute Gasteiger partial charge is 0.323 e. The molecule has 1 atom stereocenters. The van der Waals surface area contributed by atoms with E-state index >= 15 is 0 Å². The first kappa shape index (κ1) is 18.9. The van der Waals surface area contributed by atoms with Gasteiger partial charge in [-0.25, -0.2) is 4.39 Å². The lowest BCUT2D eigenvalue weighted by Gasteiger charge is -2.29. The van der Waals surface area contributed by atoms with Gasteiger partial charge in [0, 0.05) is 31.6 Å². The fourth-order valence-corrected chi connectivity index (χ4v) is 3.27. The second-order valence-electron chi connectivity index (χ2n) is 6.38. The van der Waals surface area contributed by atoms with E-state index in [4.69, 9.17) is 5.11 Å². The fraction of sp³-hybridized carbons (Fsp3) is 0.500. The Labute approximate surface area is 146 Å². The highest BCUT2D eigenvalue weighted by Crippen LogP contribution is 2.20. The number of carboxylic acid groups (broad SMARTS) is 1. The summed E-state index contributed by atoms with van der Waals surface area (Å²) in [5.41, 5.74) is 1.05. The summed E-state index contributed by atoms with van der Waals surface area (Å²) in [6.45, 7) is 3.69. The zero-order valence-corrected chi connectivity index (χ0v) is 14.5. The summed E-state index contributed by atoms with van der Waals surface area (Å²) < 4.78 is 13.2. The molecule has 0 aliphatic carbocycles. The van der Waals surface area contributed by atoms with Crippen LogP contribution in [-0.4, -0.2) is 58.4 Å². The van der Waals surface area contributed by atoms with E-state index in [9.17, 15) is 18.8 Å². The number of carbonyl (C=O) groups is 3. The zero-order chi connectivity index (χ0) is 18.6. The molecule has 1 aromatic rings. The summed E-state index contributed by atoms with van der Waals surface area (Å²) in [4.78, 5) is 38.5. The van der Waals surface area contributed by atoms with Crippen molar-refractivity contribution >= 4 is 17.8 Å². The number of nitrogens with zero attached hydrogens (tertiary/aromatic N) is 2. The SMILES string of the molecule is CC(=O)N(CC(=O)O)C1CCCN(C(=O)c2ccc(F)cc2C)CC1. The maximum absolute atomic E-state index is 13.2. The van der Waals surface area contributed by atoms with Gasteiger partial charge in [-0.05, 0) is 49.9 Å². The summed E-state index contributed by atoms with van der Waals surface area (Å²) in [6, 6.07) is 3.89. The molecule has 1 aliphatic heterocycles. The Bertz CT molecular complexity index is 677. The molecular weight excluding hydrogens is 327 g/mol. The van der Waals surface area contributed by atoms with Crippen molar-refractivity contribution in [3.8, 4) is 0 Å². The third kappa shape index (κ3) is 4.78. The highest BCUT2D eigenvalue weighted by molar-refractivity contribution is 5.95. The number of hydrogen-bond acceptors (Lipinski definition) is 3. The summed E-state index contributed by atoms with van der Waals surface area (Å²) in [6.07, 6.45) is 1.86. The van der Waals surface area contributed by atoms with Crippen LogP contribution in [0.3, 0.4) is 0 Å². The van der Waals surface area contributed by atoms with Crippen molar-refractivity contribution in [1.82, 2.24) is 9.80 Å². The minimum atomic E-state index is -1.05. The number of likely N-dealkylation sites (tertiary alicyclic amines) is 1. The topological polar surface area (TPSA) is 77.9 Å². The molecule has 0 aromatic heterocycles. The lowest BCUT2D eigenvalue weighted by molar-refractivity contribution is -0.145.